The van der Waals surface area contributed by atoms with Gasteiger partial charge in [0, 0.05) is 6.54 Å². The highest BCUT2D eigenvalue weighted by atomic mass is 19.1. The van der Waals surface area contributed by atoms with Gasteiger partial charge in [-0.25, -0.2) is 9.18 Å². The van der Waals surface area contributed by atoms with E-state index in [1.165, 1.54) is 12.2 Å². The van der Waals surface area contributed by atoms with E-state index in [0.29, 0.717) is 0 Å². The number of aliphatic hydroxyl groups excluding tert-OH is 1. The Labute approximate surface area is 141 Å². The van der Waals surface area contributed by atoms with Crippen molar-refractivity contribution in [2.75, 3.05) is 6.54 Å². The molecule has 0 radical (unpaired) electrons. The first-order chi connectivity index (χ1) is 11.0. The summed E-state index contributed by atoms with van der Waals surface area (Å²) in [5, 5.41) is 21.5. The van der Waals surface area contributed by atoms with Crippen molar-refractivity contribution in [3.8, 4) is 0 Å². The lowest BCUT2D eigenvalue weighted by Crippen LogP contribution is -2.38. The van der Waals surface area contributed by atoms with Crippen LogP contribution in [0.2, 0.25) is 0 Å². The molecule has 0 aliphatic heterocycles. The predicted octanol–water partition coefficient (Wildman–Crippen LogP) is 2.95. The maximum Gasteiger partial charge on any atom is 0.407 e. The zero-order valence-corrected chi connectivity index (χ0v) is 14.3. The molecule has 0 saturated carbocycles. The van der Waals surface area contributed by atoms with E-state index in [1.807, 2.05) is 0 Å². The number of aliphatic hydroxyl groups is 1. The second-order valence-corrected chi connectivity index (χ2v) is 6.34. The molecule has 2 atom stereocenters. The maximum atomic E-state index is 13.3. The third kappa shape index (κ3) is 9.78. The van der Waals surface area contributed by atoms with Crippen LogP contribution >= 0.6 is 0 Å². The van der Waals surface area contributed by atoms with Gasteiger partial charge in [0.2, 0.25) is 0 Å². The van der Waals surface area contributed by atoms with Crippen molar-refractivity contribution < 1.29 is 28.9 Å². The number of allylic oxidation sites excluding steroid dienone is 4. The molecule has 7 heteroatoms. The minimum Gasteiger partial charge on any atom is -0.481 e. The monoisotopic (exact) mass is 343 g/mol. The number of alkyl carbamates (subject to hydrolysis) is 1. The summed E-state index contributed by atoms with van der Waals surface area (Å²) in [4.78, 5) is 22.8. The Morgan fingerprint density at radius 3 is 2.38 bits per heavy atom. The number of aliphatic carboxylic acids is 1. The van der Waals surface area contributed by atoms with Crippen LogP contribution in [0.4, 0.5) is 9.18 Å². The van der Waals surface area contributed by atoms with Crippen LogP contribution in [-0.4, -0.2) is 40.5 Å². The Bertz CT molecular complexity index is 508. The van der Waals surface area contributed by atoms with Gasteiger partial charge >= 0.3 is 12.1 Å². The van der Waals surface area contributed by atoms with Crippen molar-refractivity contribution in [2.24, 2.45) is 5.92 Å². The van der Waals surface area contributed by atoms with Crippen molar-refractivity contribution in [1.29, 1.82) is 0 Å². The Kier molecular flexibility index (Phi) is 8.99. The van der Waals surface area contributed by atoms with Gasteiger partial charge in [-0.2, -0.15) is 0 Å². The highest BCUT2D eigenvalue weighted by molar-refractivity contribution is 5.71. The Balaban J connectivity index is 4.64. The predicted molar refractivity (Wildman–Crippen MR) is 89.1 cm³/mol. The second kappa shape index (κ2) is 9.87. The summed E-state index contributed by atoms with van der Waals surface area (Å²) >= 11 is 0. The van der Waals surface area contributed by atoms with Crippen LogP contribution in [0, 0.1) is 5.92 Å². The number of nitrogens with one attached hydrogen (secondary N) is 1. The first kappa shape index (κ1) is 21.9. The number of ether oxygens (including phenoxy) is 1. The van der Waals surface area contributed by atoms with Gasteiger partial charge in [0.15, 0.2) is 0 Å². The van der Waals surface area contributed by atoms with Gasteiger partial charge in [0.05, 0.1) is 12.0 Å². The molecule has 24 heavy (non-hydrogen) atoms. The molecule has 0 aliphatic carbocycles. The molecule has 136 valence electrons. The highest BCUT2D eigenvalue weighted by Gasteiger charge is 2.24. The van der Waals surface area contributed by atoms with E-state index in [2.05, 4.69) is 18.5 Å². The molecule has 3 N–H and O–H groups in total. The van der Waals surface area contributed by atoms with Crippen LogP contribution in [0.25, 0.3) is 0 Å². The zero-order chi connectivity index (χ0) is 18.9. The summed E-state index contributed by atoms with van der Waals surface area (Å²) in [5.41, 5.74) is -0.575. The van der Waals surface area contributed by atoms with Gasteiger partial charge in [0.1, 0.15) is 11.4 Å². The Hall–Kier alpha value is -2.15. The molecule has 1 unspecified atom stereocenters. The Morgan fingerprint density at radius 1 is 1.38 bits per heavy atom. The number of hydrogen-bond donors (Lipinski definition) is 3. The lowest BCUT2D eigenvalue weighted by atomic mass is 9.93. The van der Waals surface area contributed by atoms with Crippen molar-refractivity contribution in [1.82, 2.24) is 5.32 Å². The number of carbonyl (C=O) groups is 2. The van der Waals surface area contributed by atoms with Crippen LogP contribution in [0.5, 0.6) is 0 Å². The van der Waals surface area contributed by atoms with E-state index >= 15 is 0 Å². The van der Waals surface area contributed by atoms with E-state index in [1.54, 1.807) is 20.8 Å². The van der Waals surface area contributed by atoms with Crippen LogP contribution in [0.3, 0.4) is 0 Å². The molecular weight excluding hydrogens is 317 g/mol. The van der Waals surface area contributed by atoms with Gasteiger partial charge in [-0.3, -0.25) is 4.79 Å². The molecule has 0 bridgehead atoms. The van der Waals surface area contributed by atoms with Gasteiger partial charge in [-0.05, 0) is 39.2 Å². The van der Waals surface area contributed by atoms with Crippen molar-refractivity contribution in [3.05, 3.63) is 36.7 Å². The number of carbonyl (C=O) groups excluding carboxylic acids is 1. The van der Waals surface area contributed by atoms with E-state index in [4.69, 9.17) is 4.74 Å². The van der Waals surface area contributed by atoms with Crippen LogP contribution < -0.4 is 5.32 Å². The first-order valence-electron chi connectivity index (χ1n) is 7.50. The average molecular weight is 343 g/mol. The van der Waals surface area contributed by atoms with Gasteiger partial charge < -0.3 is 20.3 Å². The third-order valence-electron chi connectivity index (χ3n) is 2.92. The van der Waals surface area contributed by atoms with Crippen molar-refractivity contribution in [3.63, 3.8) is 0 Å². The molecule has 0 saturated heterocycles. The number of carboxylic acids is 1. The number of rotatable bonds is 9. The lowest BCUT2D eigenvalue weighted by Gasteiger charge is -2.21. The molecule has 0 aliphatic rings. The molecule has 0 spiro atoms. The largest absolute Gasteiger partial charge is 0.481 e. The SMILES string of the molecule is C=C/C=C(/CC(C[C@H](O)CNC(=O)OC(C)(C)C)C(=O)O)C(=C)F. The molecule has 0 fully saturated rings. The fourth-order valence-corrected chi connectivity index (χ4v) is 1.88. The maximum absolute atomic E-state index is 13.3. The van der Waals surface area contributed by atoms with E-state index in [-0.39, 0.29) is 25.0 Å². The quantitative estimate of drug-likeness (QED) is 0.559. The van der Waals surface area contributed by atoms with Crippen LogP contribution in [-0.2, 0) is 9.53 Å². The molecule has 0 rings (SSSR count). The number of halogens is 1. The second-order valence-electron chi connectivity index (χ2n) is 6.34. The standard InChI is InChI=1S/C17H26FNO5/c1-6-7-12(11(2)18)8-13(15(21)22)9-14(20)10-19-16(23)24-17(3,4)5/h6-7,13-14,20H,1-2,8-10H2,3-5H3,(H,19,23)(H,21,22)/b12-7-/t13?,14-/m0/s1. The summed E-state index contributed by atoms with van der Waals surface area (Å²) in [6, 6.07) is 0. The smallest absolute Gasteiger partial charge is 0.407 e. The number of hydrogen-bond acceptors (Lipinski definition) is 4. The number of carboxylic acid groups (broad SMARTS) is 1. The molecule has 0 aromatic heterocycles. The van der Waals surface area contributed by atoms with Crippen molar-refractivity contribution >= 4 is 12.1 Å². The summed E-state index contributed by atoms with van der Waals surface area (Å²) in [6.45, 7) is 11.5. The van der Waals surface area contributed by atoms with E-state index < -0.39 is 35.5 Å². The Morgan fingerprint density at radius 2 is 1.96 bits per heavy atom. The summed E-state index contributed by atoms with van der Waals surface area (Å²) in [6.07, 6.45) is 0.546. The van der Waals surface area contributed by atoms with Gasteiger partial charge in [-0.15, -0.1) is 0 Å². The highest BCUT2D eigenvalue weighted by Crippen LogP contribution is 2.23. The van der Waals surface area contributed by atoms with E-state index in [9.17, 15) is 24.2 Å². The van der Waals surface area contributed by atoms with Crippen LogP contribution in [0.15, 0.2) is 36.7 Å². The lowest BCUT2D eigenvalue weighted by molar-refractivity contribution is -0.142. The average Bonchev–Trinajstić information content (AvgIpc) is 2.41. The molecular formula is C17H26FNO5. The molecule has 0 heterocycles. The summed E-state index contributed by atoms with van der Waals surface area (Å²) < 4.78 is 18.3. The van der Waals surface area contributed by atoms with Crippen LogP contribution in [0.1, 0.15) is 33.6 Å². The fourth-order valence-electron chi connectivity index (χ4n) is 1.88. The normalized spacial score (nSPS) is 14.5. The number of amides is 1. The zero-order valence-electron chi connectivity index (χ0n) is 14.3. The minimum atomic E-state index is -1.18. The fraction of sp³-hybridized carbons (Fsp3) is 0.529. The summed E-state index contributed by atoms with van der Waals surface area (Å²) in [5.74, 6) is -2.95. The molecule has 0 aromatic carbocycles. The van der Waals surface area contributed by atoms with Gasteiger partial charge in [-0.1, -0.05) is 25.3 Å². The topological polar surface area (TPSA) is 95.9 Å². The van der Waals surface area contributed by atoms with Gasteiger partial charge in [0.25, 0.3) is 0 Å². The van der Waals surface area contributed by atoms with E-state index in [0.717, 1.165) is 0 Å². The third-order valence-corrected chi connectivity index (χ3v) is 2.92. The first-order valence-corrected chi connectivity index (χ1v) is 7.50. The molecule has 1 amide bonds. The molecule has 6 nitrogen and oxygen atoms in total. The summed E-state index contributed by atoms with van der Waals surface area (Å²) in [7, 11) is 0. The van der Waals surface area contributed by atoms with Crippen molar-refractivity contribution in [2.45, 2.75) is 45.3 Å². The minimum absolute atomic E-state index is 0.102. The molecule has 0 aromatic rings.